The molecular weight excluding hydrogens is 292 g/mol. The quantitative estimate of drug-likeness (QED) is 0.864. The fourth-order valence-electron chi connectivity index (χ4n) is 1.83. The predicted molar refractivity (Wildman–Crippen MR) is 80.5 cm³/mol. The number of esters is 1. The maximum atomic E-state index is 12.0. The molecule has 0 fully saturated rings. The highest BCUT2D eigenvalue weighted by molar-refractivity contribution is 6.30. The van der Waals surface area contributed by atoms with Crippen LogP contribution in [0.15, 0.2) is 42.6 Å². The molecule has 2 rings (SSSR count). The summed E-state index contributed by atoms with van der Waals surface area (Å²) in [6, 6.07) is 10.1. The lowest BCUT2D eigenvalue weighted by atomic mass is 10.3. The number of hydrogen-bond acceptors (Lipinski definition) is 3. The van der Waals surface area contributed by atoms with Crippen molar-refractivity contribution in [3.05, 3.63) is 53.3 Å². The van der Waals surface area contributed by atoms with Crippen LogP contribution in [0.4, 0.5) is 5.69 Å². The molecule has 1 aromatic carbocycles. The molecule has 2 aromatic rings. The number of anilines is 1. The first-order chi connectivity index (χ1) is 10.1. The van der Waals surface area contributed by atoms with Gasteiger partial charge in [-0.1, -0.05) is 11.6 Å². The summed E-state index contributed by atoms with van der Waals surface area (Å²) >= 11 is 5.78. The number of carbonyl (C=O) groups excluding carboxylic acids is 2. The first kappa shape index (κ1) is 15.1. The zero-order chi connectivity index (χ0) is 15.2. The van der Waals surface area contributed by atoms with Gasteiger partial charge in [-0.15, -0.1) is 0 Å². The van der Waals surface area contributed by atoms with Crippen molar-refractivity contribution >= 4 is 29.2 Å². The van der Waals surface area contributed by atoms with Crippen LogP contribution in [0.2, 0.25) is 5.02 Å². The number of benzene rings is 1. The van der Waals surface area contributed by atoms with Crippen molar-refractivity contribution in [2.24, 2.45) is 0 Å². The zero-order valence-corrected chi connectivity index (χ0v) is 12.3. The molecule has 0 aliphatic rings. The second-order valence-corrected chi connectivity index (χ2v) is 4.73. The van der Waals surface area contributed by atoms with Crippen molar-refractivity contribution in [1.29, 1.82) is 0 Å². The van der Waals surface area contributed by atoms with Crippen LogP contribution >= 0.6 is 11.6 Å². The maximum Gasteiger partial charge on any atom is 0.354 e. The number of nitrogens with zero attached hydrogens (tertiary/aromatic N) is 1. The summed E-state index contributed by atoms with van der Waals surface area (Å²) in [5.41, 5.74) is 0.998. The van der Waals surface area contributed by atoms with E-state index in [2.05, 4.69) is 5.32 Å². The van der Waals surface area contributed by atoms with E-state index in [4.69, 9.17) is 16.3 Å². The molecule has 0 saturated carbocycles. The molecule has 1 aromatic heterocycles. The van der Waals surface area contributed by atoms with E-state index in [9.17, 15) is 9.59 Å². The van der Waals surface area contributed by atoms with E-state index in [1.54, 1.807) is 54.1 Å². The van der Waals surface area contributed by atoms with Crippen LogP contribution < -0.4 is 5.32 Å². The Balaban J connectivity index is 2.01. The lowest BCUT2D eigenvalue weighted by molar-refractivity contribution is -0.116. The van der Waals surface area contributed by atoms with Gasteiger partial charge in [0.25, 0.3) is 0 Å². The Morgan fingerprint density at radius 1 is 1.24 bits per heavy atom. The summed E-state index contributed by atoms with van der Waals surface area (Å²) in [6.07, 6.45) is 1.66. The number of nitrogens with one attached hydrogen (secondary N) is 1. The first-order valence-electron chi connectivity index (χ1n) is 6.48. The topological polar surface area (TPSA) is 60.3 Å². The number of amides is 1. The maximum absolute atomic E-state index is 12.0. The number of hydrogen-bond donors (Lipinski definition) is 1. The Morgan fingerprint density at radius 3 is 2.62 bits per heavy atom. The molecule has 21 heavy (non-hydrogen) atoms. The van der Waals surface area contributed by atoms with Crippen LogP contribution in [0.5, 0.6) is 0 Å². The fourth-order valence-corrected chi connectivity index (χ4v) is 1.96. The van der Waals surface area contributed by atoms with E-state index in [0.717, 1.165) is 0 Å². The van der Waals surface area contributed by atoms with Crippen LogP contribution in [0, 0.1) is 0 Å². The molecule has 1 amide bonds. The molecule has 1 heterocycles. The van der Waals surface area contributed by atoms with Crippen molar-refractivity contribution in [3.8, 4) is 0 Å². The molecule has 0 bridgehead atoms. The molecule has 6 heteroatoms. The standard InChI is InChI=1S/C15H15ClN2O3/c1-2-21-15(20)13-4-3-9-18(13)10-14(19)17-12-7-5-11(16)6-8-12/h3-9H,2,10H2,1H3,(H,17,19). The van der Waals surface area contributed by atoms with Gasteiger partial charge in [0.2, 0.25) is 5.91 Å². The Labute approximate surface area is 127 Å². The van der Waals surface area contributed by atoms with Gasteiger partial charge in [0.15, 0.2) is 0 Å². The number of carbonyl (C=O) groups is 2. The van der Waals surface area contributed by atoms with Crippen molar-refractivity contribution in [2.45, 2.75) is 13.5 Å². The molecule has 0 spiro atoms. The van der Waals surface area contributed by atoms with Gasteiger partial charge < -0.3 is 14.6 Å². The highest BCUT2D eigenvalue weighted by atomic mass is 35.5. The number of ether oxygens (including phenoxy) is 1. The van der Waals surface area contributed by atoms with Crippen LogP contribution in [-0.4, -0.2) is 23.1 Å². The van der Waals surface area contributed by atoms with Crippen molar-refractivity contribution in [1.82, 2.24) is 4.57 Å². The number of aromatic nitrogens is 1. The summed E-state index contributed by atoms with van der Waals surface area (Å²) < 4.78 is 6.48. The Kier molecular flexibility index (Phi) is 5.00. The van der Waals surface area contributed by atoms with E-state index < -0.39 is 5.97 Å². The minimum absolute atomic E-state index is 0.0315. The molecule has 0 atom stereocenters. The normalized spacial score (nSPS) is 10.2. The largest absolute Gasteiger partial charge is 0.461 e. The summed E-state index contributed by atoms with van der Waals surface area (Å²) in [4.78, 5) is 23.7. The van der Waals surface area contributed by atoms with Crippen molar-refractivity contribution < 1.29 is 14.3 Å². The van der Waals surface area contributed by atoms with Crippen LogP contribution in [-0.2, 0) is 16.1 Å². The molecular formula is C15H15ClN2O3. The van der Waals surface area contributed by atoms with Gasteiger partial charge in [0.1, 0.15) is 12.2 Å². The van der Waals surface area contributed by atoms with E-state index in [0.29, 0.717) is 23.0 Å². The molecule has 0 saturated heterocycles. The van der Waals surface area contributed by atoms with Crippen molar-refractivity contribution in [2.75, 3.05) is 11.9 Å². The highest BCUT2D eigenvalue weighted by Crippen LogP contribution is 2.13. The summed E-state index contributed by atoms with van der Waals surface area (Å²) in [6.45, 7) is 2.06. The molecule has 0 aliphatic carbocycles. The predicted octanol–water partition coefficient (Wildman–Crippen LogP) is 2.96. The Morgan fingerprint density at radius 2 is 1.95 bits per heavy atom. The second kappa shape index (κ2) is 6.95. The summed E-state index contributed by atoms with van der Waals surface area (Å²) in [5, 5.41) is 3.34. The molecule has 5 nitrogen and oxygen atoms in total. The van der Waals surface area contributed by atoms with Gasteiger partial charge in [-0.3, -0.25) is 4.79 Å². The van der Waals surface area contributed by atoms with E-state index in [1.807, 2.05) is 0 Å². The average molecular weight is 307 g/mol. The lowest BCUT2D eigenvalue weighted by Gasteiger charge is -2.09. The SMILES string of the molecule is CCOC(=O)c1cccn1CC(=O)Nc1ccc(Cl)cc1. The lowest BCUT2D eigenvalue weighted by Crippen LogP contribution is -2.21. The summed E-state index contributed by atoms with van der Waals surface area (Å²) in [7, 11) is 0. The van der Waals surface area contributed by atoms with Gasteiger partial charge in [-0.05, 0) is 43.3 Å². The molecule has 0 aliphatic heterocycles. The average Bonchev–Trinajstić information content (AvgIpc) is 2.90. The van der Waals surface area contributed by atoms with Crippen molar-refractivity contribution in [3.63, 3.8) is 0 Å². The van der Waals surface area contributed by atoms with Gasteiger partial charge in [0, 0.05) is 16.9 Å². The van der Waals surface area contributed by atoms with Crippen LogP contribution in [0.3, 0.4) is 0 Å². The zero-order valence-electron chi connectivity index (χ0n) is 11.5. The number of rotatable bonds is 5. The summed E-state index contributed by atoms with van der Waals surface area (Å²) in [5.74, 6) is -0.680. The Hall–Kier alpha value is -2.27. The van der Waals surface area contributed by atoms with Gasteiger partial charge in [-0.25, -0.2) is 4.79 Å². The number of halogens is 1. The van der Waals surface area contributed by atoms with Gasteiger partial charge in [-0.2, -0.15) is 0 Å². The third-order valence-electron chi connectivity index (χ3n) is 2.76. The van der Waals surface area contributed by atoms with E-state index in [-0.39, 0.29) is 12.5 Å². The molecule has 0 unspecified atom stereocenters. The van der Waals surface area contributed by atoms with Crippen LogP contribution in [0.1, 0.15) is 17.4 Å². The van der Waals surface area contributed by atoms with E-state index >= 15 is 0 Å². The Bertz CT molecular complexity index is 635. The van der Waals surface area contributed by atoms with E-state index in [1.165, 1.54) is 0 Å². The van der Waals surface area contributed by atoms with Crippen LogP contribution in [0.25, 0.3) is 0 Å². The van der Waals surface area contributed by atoms with Gasteiger partial charge in [0.05, 0.1) is 6.61 Å². The second-order valence-electron chi connectivity index (χ2n) is 4.30. The monoisotopic (exact) mass is 306 g/mol. The minimum atomic E-state index is -0.443. The smallest absolute Gasteiger partial charge is 0.354 e. The van der Waals surface area contributed by atoms with Gasteiger partial charge >= 0.3 is 5.97 Å². The highest BCUT2D eigenvalue weighted by Gasteiger charge is 2.13. The fraction of sp³-hybridized carbons (Fsp3) is 0.200. The third kappa shape index (κ3) is 4.10. The molecule has 0 radical (unpaired) electrons. The first-order valence-corrected chi connectivity index (χ1v) is 6.85. The molecule has 1 N–H and O–H groups in total. The third-order valence-corrected chi connectivity index (χ3v) is 3.01. The minimum Gasteiger partial charge on any atom is -0.461 e. The molecule has 110 valence electrons.